The highest BCUT2D eigenvalue weighted by atomic mass is 35.5. The third-order valence-corrected chi connectivity index (χ3v) is 3.62. The fourth-order valence-corrected chi connectivity index (χ4v) is 2.33. The monoisotopic (exact) mass is 317 g/mol. The Morgan fingerprint density at radius 1 is 1.14 bits per heavy atom. The van der Waals surface area contributed by atoms with Crippen molar-refractivity contribution in [2.75, 3.05) is 7.11 Å². The molecule has 22 heavy (non-hydrogen) atoms. The van der Waals surface area contributed by atoms with Gasteiger partial charge in [-0.2, -0.15) is 0 Å². The number of carbonyl (C=O) groups excluding carboxylic acids is 2. The Hall–Kier alpha value is -2.17. The number of hydrogen-bond acceptors (Lipinski definition) is 3. The Morgan fingerprint density at radius 3 is 2.45 bits per heavy atom. The molecule has 0 aliphatic heterocycles. The fraction of sp³-hybridized carbons (Fsp3) is 0.176. The Labute approximate surface area is 134 Å². The molecular formula is C17H16ClNO3. The van der Waals surface area contributed by atoms with Crippen LogP contribution in [0.15, 0.2) is 42.5 Å². The van der Waals surface area contributed by atoms with E-state index in [0.29, 0.717) is 16.1 Å². The number of benzene rings is 2. The Kier molecular flexibility index (Phi) is 5.31. The lowest BCUT2D eigenvalue weighted by atomic mass is 9.94. The van der Waals surface area contributed by atoms with E-state index in [9.17, 15) is 9.59 Å². The number of rotatable bonds is 5. The first-order valence-corrected chi connectivity index (χ1v) is 7.11. The quantitative estimate of drug-likeness (QED) is 0.681. The standard InChI is InChI=1S/C17H16ClNO3/c1-11-13(10-16(20)19-22-2)4-3-5-15(11)17(21)12-6-8-14(18)9-7-12/h3-9H,10H2,1-2H3,(H,19,20). The summed E-state index contributed by atoms with van der Waals surface area (Å²) in [5, 5.41) is 0.582. The molecule has 4 nitrogen and oxygen atoms in total. The summed E-state index contributed by atoms with van der Waals surface area (Å²) in [6, 6.07) is 12.1. The molecule has 1 N–H and O–H groups in total. The normalized spacial score (nSPS) is 10.3. The second-order valence-corrected chi connectivity index (χ2v) is 5.27. The molecule has 0 spiro atoms. The summed E-state index contributed by atoms with van der Waals surface area (Å²) in [6.07, 6.45) is 0.154. The molecule has 0 bridgehead atoms. The van der Waals surface area contributed by atoms with E-state index >= 15 is 0 Å². The summed E-state index contributed by atoms with van der Waals surface area (Å²) in [6.45, 7) is 1.83. The minimum Gasteiger partial charge on any atom is -0.289 e. The molecule has 0 atom stereocenters. The lowest BCUT2D eigenvalue weighted by molar-refractivity contribution is -0.130. The van der Waals surface area contributed by atoms with Crippen molar-refractivity contribution in [3.05, 3.63) is 69.7 Å². The molecule has 114 valence electrons. The molecule has 0 unspecified atom stereocenters. The van der Waals surface area contributed by atoms with Gasteiger partial charge < -0.3 is 0 Å². The fourth-order valence-electron chi connectivity index (χ4n) is 2.20. The van der Waals surface area contributed by atoms with E-state index in [1.165, 1.54) is 7.11 Å². The van der Waals surface area contributed by atoms with Crippen LogP contribution in [0.1, 0.15) is 27.0 Å². The van der Waals surface area contributed by atoms with Crippen LogP contribution >= 0.6 is 11.6 Å². The van der Waals surface area contributed by atoms with E-state index in [-0.39, 0.29) is 18.1 Å². The molecule has 2 aromatic carbocycles. The number of amides is 1. The predicted molar refractivity (Wildman–Crippen MR) is 84.9 cm³/mol. The third kappa shape index (κ3) is 3.72. The van der Waals surface area contributed by atoms with Gasteiger partial charge in [0.1, 0.15) is 0 Å². The largest absolute Gasteiger partial charge is 0.289 e. The highest BCUT2D eigenvalue weighted by Crippen LogP contribution is 2.19. The van der Waals surface area contributed by atoms with Gasteiger partial charge in [-0.3, -0.25) is 14.4 Å². The second kappa shape index (κ2) is 7.20. The van der Waals surface area contributed by atoms with Gasteiger partial charge in [0.25, 0.3) is 0 Å². The van der Waals surface area contributed by atoms with E-state index in [4.69, 9.17) is 11.6 Å². The summed E-state index contributed by atoms with van der Waals surface area (Å²) in [7, 11) is 1.38. The smallest absolute Gasteiger partial charge is 0.247 e. The minimum atomic E-state index is -0.262. The van der Waals surface area contributed by atoms with Crippen molar-refractivity contribution in [1.82, 2.24) is 5.48 Å². The van der Waals surface area contributed by atoms with Gasteiger partial charge in [-0.15, -0.1) is 0 Å². The van der Waals surface area contributed by atoms with E-state index in [2.05, 4.69) is 10.3 Å². The van der Waals surface area contributed by atoms with Crippen LogP contribution < -0.4 is 5.48 Å². The zero-order chi connectivity index (χ0) is 16.1. The van der Waals surface area contributed by atoms with Gasteiger partial charge in [0.2, 0.25) is 5.91 Å². The van der Waals surface area contributed by atoms with Gasteiger partial charge in [-0.05, 0) is 42.3 Å². The first-order chi connectivity index (χ1) is 10.5. The zero-order valence-corrected chi connectivity index (χ0v) is 13.1. The molecule has 0 aliphatic carbocycles. The van der Waals surface area contributed by atoms with Crippen LogP contribution in [0.3, 0.4) is 0 Å². The molecule has 1 amide bonds. The van der Waals surface area contributed by atoms with Crippen molar-refractivity contribution in [3.63, 3.8) is 0 Å². The first-order valence-electron chi connectivity index (χ1n) is 6.73. The van der Waals surface area contributed by atoms with Crippen molar-refractivity contribution < 1.29 is 14.4 Å². The molecule has 0 saturated carbocycles. The Balaban J connectivity index is 2.30. The van der Waals surface area contributed by atoms with Crippen molar-refractivity contribution in [2.24, 2.45) is 0 Å². The van der Waals surface area contributed by atoms with Crippen molar-refractivity contribution in [2.45, 2.75) is 13.3 Å². The molecule has 0 aromatic heterocycles. The maximum Gasteiger partial charge on any atom is 0.247 e. The molecule has 2 rings (SSSR count). The van der Waals surface area contributed by atoms with Crippen molar-refractivity contribution in [1.29, 1.82) is 0 Å². The van der Waals surface area contributed by atoms with Crippen molar-refractivity contribution in [3.8, 4) is 0 Å². The van der Waals surface area contributed by atoms with Crippen LogP contribution in [0.5, 0.6) is 0 Å². The summed E-state index contributed by atoms with van der Waals surface area (Å²) >= 11 is 5.84. The van der Waals surface area contributed by atoms with Gasteiger partial charge in [0.15, 0.2) is 5.78 Å². The topological polar surface area (TPSA) is 55.4 Å². The first kappa shape index (κ1) is 16.2. The molecular weight excluding hydrogens is 302 g/mol. The average Bonchev–Trinajstić information content (AvgIpc) is 2.50. The number of nitrogens with one attached hydrogen (secondary N) is 1. The summed E-state index contributed by atoms with van der Waals surface area (Å²) < 4.78 is 0. The lowest BCUT2D eigenvalue weighted by Gasteiger charge is -2.10. The maximum absolute atomic E-state index is 12.6. The SMILES string of the molecule is CONC(=O)Cc1cccc(C(=O)c2ccc(Cl)cc2)c1C. The van der Waals surface area contributed by atoms with Gasteiger partial charge in [-0.25, -0.2) is 5.48 Å². The van der Waals surface area contributed by atoms with Crippen molar-refractivity contribution >= 4 is 23.3 Å². The highest BCUT2D eigenvalue weighted by Gasteiger charge is 2.15. The lowest BCUT2D eigenvalue weighted by Crippen LogP contribution is -2.24. The zero-order valence-electron chi connectivity index (χ0n) is 12.4. The van der Waals surface area contributed by atoms with Crippen LogP contribution in [0.2, 0.25) is 5.02 Å². The van der Waals surface area contributed by atoms with Gasteiger partial charge >= 0.3 is 0 Å². The van der Waals surface area contributed by atoms with Gasteiger partial charge in [0, 0.05) is 16.1 Å². The number of halogens is 1. The predicted octanol–water partition coefficient (Wildman–Crippen LogP) is 3.10. The van der Waals surface area contributed by atoms with E-state index in [1.807, 2.05) is 13.0 Å². The molecule has 0 fully saturated rings. The van der Waals surface area contributed by atoms with Crippen LogP contribution in [0.4, 0.5) is 0 Å². The summed E-state index contributed by atoms with van der Waals surface area (Å²) in [5.41, 5.74) is 4.98. The Bertz CT molecular complexity index is 696. The second-order valence-electron chi connectivity index (χ2n) is 4.83. The number of carbonyl (C=O) groups is 2. The molecule has 2 aromatic rings. The molecule has 0 radical (unpaired) electrons. The third-order valence-electron chi connectivity index (χ3n) is 3.36. The summed E-state index contributed by atoms with van der Waals surface area (Å²) in [5.74, 6) is -0.357. The van der Waals surface area contributed by atoms with E-state index in [1.54, 1.807) is 36.4 Å². The molecule has 5 heteroatoms. The van der Waals surface area contributed by atoms with Crippen LogP contribution in [-0.4, -0.2) is 18.8 Å². The molecule has 0 heterocycles. The summed E-state index contributed by atoms with van der Waals surface area (Å²) in [4.78, 5) is 28.8. The van der Waals surface area contributed by atoms with E-state index in [0.717, 1.165) is 11.1 Å². The molecule has 0 aliphatic rings. The van der Waals surface area contributed by atoms with E-state index < -0.39 is 0 Å². The van der Waals surface area contributed by atoms with Crippen LogP contribution in [0.25, 0.3) is 0 Å². The van der Waals surface area contributed by atoms with Crippen LogP contribution in [0, 0.1) is 6.92 Å². The maximum atomic E-state index is 12.6. The average molecular weight is 318 g/mol. The highest BCUT2D eigenvalue weighted by molar-refractivity contribution is 6.30. The Morgan fingerprint density at radius 2 is 1.82 bits per heavy atom. The minimum absolute atomic E-state index is 0.0943. The number of hydroxylamine groups is 1. The number of hydrogen-bond donors (Lipinski definition) is 1. The van der Waals surface area contributed by atoms with Crippen LogP contribution in [-0.2, 0) is 16.1 Å². The van der Waals surface area contributed by atoms with Gasteiger partial charge in [0.05, 0.1) is 13.5 Å². The number of ketones is 1. The molecule has 0 saturated heterocycles. The van der Waals surface area contributed by atoms with Gasteiger partial charge in [-0.1, -0.05) is 29.8 Å².